The summed E-state index contributed by atoms with van der Waals surface area (Å²) >= 11 is 0. The molecule has 166 valence electrons. The predicted molar refractivity (Wildman–Crippen MR) is 125 cm³/mol. The van der Waals surface area contributed by atoms with E-state index in [0.717, 1.165) is 35.5 Å². The molecular formula is C25H23FN6O. The van der Waals surface area contributed by atoms with E-state index in [0.29, 0.717) is 11.8 Å². The number of para-hydroxylation sites is 1. The van der Waals surface area contributed by atoms with E-state index in [1.807, 2.05) is 42.3 Å². The van der Waals surface area contributed by atoms with Crippen LogP contribution in [0, 0.1) is 5.82 Å². The fourth-order valence-electron chi connectivity index (χ4n) is 4.41. The molecule has 0 spiro atoms. The number of carbonyl (C=O) groups excluding carboxylic acids is 1. The zero-order valence-electron chi connectivity index (χ0n) is 18.3. The second-order valence-electron chi connectivity index (χ2n) is 7.93. The molecule has 0 amide bonds. The zero-order chi connectivity index (χ0) is 22.9. The summed E-state index contributed by atoms with van der Waals surface area (Å²) in [5, 5.41) is 0. The van der Waals surface area contributed by atoms with E-state index in [1.165, 1.54) is 12.1 Å². The van der Waals surface area contributed by atoms with Crippen LogP contribution < -0.4 is 9.80 Å². The Morgan fingerprint density at radius 1 is 1.06 bits per heavy atom. The van der Waals surface area contributed by atoms with Gasteiger partial charge in [0.1, 0.15) is 24.0 Å². The van der Waals surface area contributed by atoms with Gasteiger partial charge in [-0.15, -0.1) is 0 Å². The number of nitrogens with zero attached hydrogens (tertiary/aromatic N) is 6. The molecule has 0 saturated heterocycles. The Labute approximate surface area is 191 Å². The first-order valence-corrected chi connectivity index (χ1v) is 10.8. The molecule has 0 N–H and O–H groups in total. The predicted octanol–water partition coefficient (Wildman–Crippen LogP) is 4.40. The van der Waals surface area contributed by atoms with E-state index in [1.54, 1.807) is 35.3 Å². The highest BCUT2D eigenvalue weighted by atomic mass is 19.1. The van der Waals surface area contributed by atoms with Crippen molar-refractivity contribution >= 4 is 23.5 Å². The normalized spacial score (nSPS) is 17.7. The second kappa shape index (κ2) is 8.46. The number of benzene rings is 2. The smallest absolute Gasteiger partial charge is 0.237 e. The summed E-state index contributed by atoms with van der Waals surface area (Å²) in [5.74, 6) is 1.47. The van der Waals surface area contributed by atoms with Gasteiger partial charge in [-0.3, -0.25) is 4.57 Å². The summed E-state index contributed by atoms with van der Waals surface area (Å²) in [6.07, 6.45) is 6.94. The summed E-state index contributed by atoms with van der Waals surface area (Å²) in [7, 11) is 1.90. The summed E-state index contributed by atoms with van der Waals surface area (Å²) in [6.45, 7) is 2.07. The number of halogens is 1. The molecule has 3 heterocycles. The molecule has 4 aromatic rings. The first-order chi connectivity index (χ1) is 16.1. The molecule has 0 fully saturated rings. The molecule has 1 aliphatic rings. The van der Waals surface area contributed by atoms with Crippen LogP contribution >= 0.6 is 0 Å². The van der Waals surface area contributed by atoms with Crippen molar-refractivity contribution in [3.05, 3.63) is 79.0 Å². The molecule has 1 aliphatic heterocycles. The number of aromatic nitrogens is 4. The Balaban J connectivity index is 1.67. The topological polar surface area (TPSA) is 67.2 Å². The Kier molecular flexibility index (Phi) is 5.34. The first kappa shape index (κ1) is 20.8. The first-order valence-electron chi connectivity index (χ1n) is 10.8. The van der Waals surface area contributed by atoms with E-state index in [4.69, 9.17) is 4.98 Å². The van der Waals surface area contributed by atoms with Crippen LogP contribution in [-0.4, -0.2) is 44.9 Å². The van der Waals surface area contributed by atoms with Gasteiger partial charge >= 0.3 is 0 Å². The van der Waals surface area contributed by atoms with Gasteiger partial charge in [-0.1, -0.05) is 25.1 Å². The van der Waals surface area contributed by atoms with Crippen LogP contribution in [0.5, 0.6) is 0 Å². The Morgan fingerprint density at radius 2 is 1.82 bits per heavy atom. The Bertz CT molecular complexity index is 1270. The minimum atomic E-state index is -0.333. The standard InChI is InChI=1S/C25H23FN6O/c1-3-20-22(16-33)30(2)21-15-28-25(29-24(21)32(20)19-7-5-4-6-8-19)31-14-13-27-23(31)17-9-11-18(26)12-10-17/h4-16,20,22H,3H2,1-2H3. The third-order valence-corrected chi connectivity index (χ3v) is 6.07. The molecule has 8 heteroatoms. The number of aldehydes is 1. The molecular weight excluding hydrogens is 419 g/mol. The van der Waals surface area contributed by atoms with Crippen LogP contribution in [0.15, 0.2) is 73.2 Å². The molecule has 0 saturated carbocycles. The van der Waals surface area contributed by atoms with Crippen molar-refractivity contribution < 1.29 is 9.18 Å². The highest BCUT2D eigenvalue weighted by Gasteiger charge is 2.39. The maximum absolute atomic E-state index is 13.4. The Morgan fingerprint density at radius 3 is 2.52 bits per heavy atom. The van der Waals surface area contributed by atoms with Crippen LogP contribution in [-0.2, 0) is 4.79 Å². The molecule has 7 nitrogen and oxygen atoms in total. The maximum Gasteiger partial charge on any atom is 0.237 e. The number of hydrogen-bond acceptors (Lipinski definition) is 6. The van der Waals surface area contributed by atoms with Gasteiger partial charge in [0.25, 0.3) is 0 Å². The quantitative estimate of drug-likeness (QED) is 0.427. The van der Waals surface area contributed by atoms with Crippen molar-refractivity contribution in [3.63, 3.8) is 0 Å². The highest BCUT2D eigenvalue weighted by molar-refractivity contribution is 5.83. The van der Waals surface area contributed by atoms with Crippen molar-refractivity contribution in [1.29, 1.82) is 0 Å². The largest absolute Gasteiger partial charge is 0.359 e. The number of carbonyl (C=O) groups is 1. The third-order valence-electron chi connectivity index (χ3n) is 6.07. The summed E-state index contributed by atoms with van der Waals surface area (Å²) in [5.41, 5.74) is 2.49. The Hall–Kier alpha value is -4.07. The summed E-state index contributed by atoms with van der Waals surface area (Å²) in [4.78, 5) is 30.1. The number of imidazole rings is 1. The molecule has 5 rings (SSSR count). The van der Waals surface area contributed by atoms with E-state index >= 15 is 0 Å². The van der Waals surface area contributed by atoms with Crippen LogP contribution in [0.1, 0.15) is 13.3 Å². The number of likely N-dealkylation sites (N-methyl/N-ethyl adjacent to an activating group) is 1. The van der Waals surface area contributed by atoms with Crippen LogP contribution in [0.2, 0.25) is 0 Å². The van der Waals surface area contributed by atoms with E-state index < -0.39 is 0 Å². The highest BCUT2D eigenvalue weighted by Crippen LogP contribution is 2.41. The summed E-state index contributed by atoms with van der Waals surface area (Å²) < 4.78 is 15.2. The molecule has 0 aliphatic carbocycles. The minimum absolute atomic E-state index is 0.0930. The number of hydrogen-bond donors (Lipinski definition) is 0. The lowest BCUT2D eigenvalue weighted by Crippen LogP contribution is -2.54. The average molecular weight is 442 g/mol. The molecule has 2 aromatic carbocycles. The fraction of sp³-hybridized carbons (Fsp3) is 0.200. The third kappa shape index (κ3) is 3.53. The fourth-order valence-corrected chi connectivity index (χ4v) is 4.41. The van der Waals surface area contributed by atoms with Gasteiger partial charge in [0.15, 0.2) is 5.82 Å². The van der Waals surface area contributed by atoms with Crippen molar-refractivity contribution in [2.45, 2.75) is 25.4 Å². The van der Waals surface area contributed by atoms with E-state index in [2.05, 4.69) is 21.8 Å². The minimum Gasteiger partial charge on any atom is -0.359 e. The maximum atomic E-state index is 13.4. The summed E-state index contributed by atoms with van der Waals surface area (Å²) in [6, 6.07) is 15.7. The monoisotopic (exact) mass is 442 g/mol. The molecule has 2 unspecified atom stereocenters. The van der Waals surface area contributed by atoms with Crippen molar-refractivity contribution in [3.8, 4) is 17.3 Å². The molecule has 2 aromatic heterocycles. The van der Waals surface area contributed by atoms with Crippen LogP contribution in [0.4, 0.5) is 21.6 Å². The lowest BCUT2D eigenvalue weighted by atomic mass is 9.98. The van der Waals surface area contributed by atoms with Gasteiger partial charge in [-0.25, -0.2) is 14.4 Å². The van der Waals surface area contributed by atoms with Crippen molar-refractivity contribution in [1.82, 2.24) is 19.5 Å². The van der Waals surface area contributed by atoms with E-state index in [-0.39, 0.29) is 17.9 Å². The lowest BCUT2D eigenvalue weighted by Gasteiger charge is -2.45. The van der Waals surface area contributed by atoms with Gasteiger partial charge in [0.05, 0.1) is 17.9 Å². The van der Waals surface area contributed by atoms with Crippen molar-refractivity contribution in [2.75, 3.05) is 16.8 Å². The van der Waals surface area contributed by atoms with Gasteiger partial charge in [-0.2, -0.15) is 4.98 Å². The number of rotatable bonds is 5. The lowest BCUT2D eigenvalue weighted by molar-refractivity contribution is -0.109. The number of anilines is 3. The average Bonchev–Trinajstić information content (AvgIpc) is 3.34. The number of fused-ring (bicyclic) bond motifs is 1. The van der Waals surface area contributed by atoms with Crippen LogP contribution in [0.3, 0.4) is 0 Å². The SMILES string of the molecule is CCC1C(C=O)N(C)c2cnc(-n3ccnc3-c3ccc(F)cc3)nc2N1c1ccccc1. The van der Waals surface area contributed by atoms with Gasteiger partial charge in [0.2, 0.25) is 5.95 Å². The van der Waals surface area contributed by atoms with Gasteiger partial charge in [-0.05, 0) is 42.8 Å². The van der Waals surface area contributed by atoms with Gasteiger partial charge < -0.3 is 14.6 Å². The van der Waals surface area contributed by atoms with Crippen molar-refractivity contribution in [2.24, 2.45) is 0 Å². The second-order valence-corrected chi connectivity index (χ2v) is 7.93. The molecule has 33 heavy (non-hydrogen) atoms. The van der Waals surface area contributed by atoms with Gasteiger partial charge in [0, 0.05) is 30.7 Å². The molecule has 2 atom stereocenters. The van der Waals surface area contributed by atoms with Crippen LogP contribution in [0.25, 0.3) is 17.3 Å². The van der Waals surface area contributed by atoms with E-state index in [9.17, 15) is 9.18 Å². The molecule has 0 bridgehead atoms. The molecule has 0 radical (unpaired) electrons. The zero-order valence-corrected chi connectivity index (χ0v) is 18.3.